The van der Waals surface area contributed by atoms with Gasteiger partial charge in [0, 0.05) is 6.54 Å². The molecule has 0 saturated carbocycles. The smallest absolute Gasteiger partial charge is 0.338 e. The number of carbonyl (C=O) groups excluding carboxylic acids is 1. The van der Waals surface area contributed by atoms with Crippen LogP contribution >= 0.6 is 0 Å². The number of likely N-dealkylation sites (N-methyl/N-ethyl adjacent to an activating group) is 1. The third-order valence-electron chi connectivity index (χ3n) is 2.74. The molecule has 0 amide bonds. The lowest BCUT2D eigenvalue weighted by molar-refractivity contribution is 0.0481. The molecule has 3 nitrogen and oxygen atoms in total. The van der Waals surface area contributed by atoms with E-state index >= 15 is 0 Å². The zero-order valence-corrected chi connectivity index (χ0v) is 12.0. The van der Waals surface area contributed by atoms with E-state index in [4.69, 9.17) is 4.74 Å². The van der Waals surface area contributed by atoms with E-state index in [9.17, 15) is 4.79 Å². The molecule has 0 aliphatic carbocycles. The second-order valence-electron chi connectivity index (χ2n) is 5.77. The molecule has 0 N–H and O–H groups in total. The number of hydrogen-bond donors (Lipinski definition) is 0. The monoisotopic (exact) mass is 249 g/mol. The standard InChI is InChI=1S/C15H23NO2/c1-15(2,3)13-8-6-7-12(11-13)14(17)18-10-9-16(4)5/h6-8,11H,9-10H2,1-5H3. The molecule has 0 aliphatic rings. The average Bonchev–Trinajstić information content (AvgIpc) is 2.27. The Labute approximate surface area is 110 Å². The van der Waals surface area contributed by atoms with Crippen LogP contribution in [0, 0.1) is 0 Å². The van der Waals surface area contributed by atoms with E-state index in [-0.39, 0.29) is 11.4 Å². The molecule has 0 aromatic heterocycles. The molecule has 1 aromatic carbocycles. The number of nitrogens with zero attached hydrogens (tertiary/aromatic N) is 1. The Kier molecular flexibility index (Phi) is 4.91. The SMILES string of the molecule is CN(C)CCOC(=O)c1cccc(C(C)(C)C)c1. The molecule has 0 aliphatic heterocycles. The molecule has 3 heteroatoms. The van der Waals surface area contributed by atoms with Gasteiger partial charge in [-0.25, -0.2) is 4.79 Å². The lowest BCUT2D eigenvalue weighted by Crippen LogP contribution is -2.20. The van der Waals surface area contributed by atoms with Gasteiger partial charge < -0.3 is 9.64 Å². The number of esters is 1. The van der Waals surface area contributed by atoms with Gasteiger partial charge in [0.25, 0.3) is 0 Å². The summed E-state index contributed by atoms with van der Waals surface area (Å²) < 4.78 is 5.23. The zero-order chi connectivity index (χ0) is 13.8. The van der Waals surface area contributed by atoms with Gasteiger partial charge in [0.15, 0.2) is 0 Å². The van der Waals surface area contributed by atoms with Crippen LogP contribution in [0.4, 0.5) is 0 Å². The fourth-order valence-corrected chi connectivity index (χ4v) is 1.52. The van der Waals surface area contributed by atoms with Crippen LogP contribution < -0.4 is 0 Å². The Morgan fingerprint density at radius 3 is 2.50 bits per heavy atom. The van der Waals surface area contributed by atoms with Gasteiger partial charge in [-0.3, -0.25) is 0 Å². The van der Waals surface area contributed by atoms with Crippen molar-refractivity contribution in [1.29, 1.82) is 0 Å². The van der Waals surface area contributed by atoms with E-state index in [2.05, 4.69) is 20.8 Å². The predicted octanol–water partition coefficient (Wildman–Crippen LogP) is 2.70. The fourth-order valence-electron chi connectivity index (χ4n) is 1.52. The minimum Gasteiger partial charge on any atom is -0.461 e. The largest absolute Gasteiger partial charge is 0.461 e. The van der Waals surface area contributed by atoms with Crippen LogP contribution in [-0.2, 0) is 10.2 Å². The minimum absolute atomic E-state index is 0.0416. The third-order valence-corrected chi connectivity index (χ3v) is 2.74. The number of rotatable bonds is 4. The van der Waals surface area contributed by atoms with Crippen LogP contribution in [-0.4, -0.2) is 38.1 Å². The highest BCUT2D eigenvalue weighted by atomic mass is 16.5. The molecule has 0 bridgehead atoms. The zero-order valence-electron chi connectivity index (χ0n) is 12.0. The Hall–Kier alpha value is -1.35. The van der Waals surface area contributed by atoms with Crippen LogP contribution in [0.2, 0.25) is 0 Å². The molecule has 0 fully saturated rings. The summed E-state index contributed by atoms with van der Waals surface area (Å²) in [6.07, 6.45) is 0. The maximum atomic E-state index is 11.9. The summed E-state index contributed by atoms with van der Waals surface area (Å²) in [5, 5.41) is 0. The Morgan fingerprint density at radius 1 is 1.28 bits per heavy atom. The lowest BCUT2D eigenvalue weighted by Gasteiger charge is -2.19. The molecule has 18 heavy (non-hydrogen) atoms. The highest BCUT2D eigenvalue weighted by Crippen LogP contribution is 2.22. The van der Waals surface area contributed by atoms with Gasteiger partial charge >= 0.3 is 5.97 Å². The molecule has 1 rings (SSSR count). The fraction of sp³-hybridized carbons (Fsp3) is 0.533. The molecule has 0 atom stereocenters. The van der Waals surface area contributed by atoms with Crippen molar-refractivity contribution in [3.05, 3.63) is 35.4 Å². The molecule has 100 valence electrons. The van der Waals surface area contributed by atoms with Gasteiger partial charge in [0.1, 0.15) is 6.61 Å². The molecule has 0 unspecified atom stereocenters. The highest BCUT2D eigenvalue weighted by Gasteiger charge is 2.16. The van der Waals surface area contributed by atoms with E-state index in [1.165, 1.54) is 0 Å². The average molecular weight is 249 g/mol. The summed E-state index contributed by atoms with van der Waals surface area (Å²) in [5.74, 6) is -0.247. The van der Waals surface area contributed by atoms with Crippen LogP contribution in [0.1, 0.15) is 36.7 Å². The van der Waals surface area contributed by atoms with E-state index in [0.717, 1.165) is 12.1 Å². The Balaban J connectivity index is 2.69. The normalized spacial score (nSPS) is 11.7. The first-order chi connectivity index (χ1) is 8.30. The van der Waals surface area contributed by atoms with Crippen molar-refractivity contribution in [2.45, 2.75) is 26.2 Å². The van der Waals surface area contributed by atoms with Crippen molar-refractivity contribution in [1.82, 2.24) is 4.90 Å². The summed E-state index contributed by atoms with van der Waals surface area (Å²) in [4.78, 5) is 13.8. The summed E-state index contributed by atoms with van der Waals surface area (Å²) in [7, 11) is 3.90. The third kappa shape index (κ3) is 4.49. The first-order valence-corrected chi connectivity index (χ1v) is 6.23. The van der Waals surface area contributed by atoms with Crippen LogP contribution in [0.3, 0.4) is 0 Å². The molecule has 0 saturated heterocycles. The van der Waals surface area contributed by atoms with Gasteiger partial charge in [-0.1, -0.05) is 32.9 Å². The summed E-state index contributed by atoms with van der Waals surface area (Å²) in [5.41, 5.74) is 1.81. The van der Waals surface area contributed by atoms with Crippen molar-refractivity contribution >= 4 is 5.97 Å². The van der Waals surface area contributed by atoms with E-state index in [1.54, 1.807) is 6.07 Å². The second kappa shape index (κ2) is 6.01. The molecule has 0 heterocycles. The van der Waals surface area contributed by atoms with Crippen molar-refractivity contribution in [2.24, 2.45) is 0 Å². The lowest BCUT2D eigenvalue weighted by atomic mass is 9.86. The maximum Gasteiger partial charge on any atom is 0.338 e. The molecular formula is C15H23NO2. The highest BCUT2D eigenvalue weighted by molar-refractivity contribution is 5.89. The van der Waals surface area contributed by atoms with Gasteiger partial charge in [0.2, 0.25) is 0 Å². The first-order valence-electron chi connectivity index (χ1n) is 6.23. The van der Waals surface area contributed by atoms with Crippen molar-refractivity contribution in [3.63, 3.8) is 0 Å². The van der Waals surface area contributed by atoms with Crippen LogP contribution in [0.25, 0.3) is 0 Å². The topological polar surface area (TPSA) is 29.5 Å². The van der Waals surface area contributed by atoms with Crippen molar-refractivity contribution < 1.29 is 9.53 Å². The minimum atomic E-state index is -0.247. The summed E-state index contributed by atoms with van der Waals surface area (Å²) >= 11 is 0. The van der Waals surface area contributed by atoms with Crippen molar-refractivity contribution in [3.8, 4) is 0 Å². The predicted molar refractivity (Wildman–Crippen MR) is 74.0 cm³/mol. The summed E-state index contributed by atoms with van der Waals surface area (Å²) in [6.45, 7) is 7.55. The van der Waals surface area contributed by atoms with E-state index in [0.29, 0.717) is 12.2 Å². The second-order valence-corrected chi connectivity index (χ2v) is 5.77. The summed E-state index contributed by atoms with van der Waals surface area (Å²) in [6, 6.07) is 7.66. The quantitative estimate of drug-likeness (QED) is 0.768. The van der Waals surface area contributed by atoms with Crippen LogP contribution in [0.15, 0.2) is 24.3 Å². The molecule has 1 aromatic rings. The van der Waals surface area contributed by atoms with Gasteiger partial charge in [-0.2, -0.15) is 0 Å². The first kappa shape index (κ1) is 14.7. The van der Waals surface area contributed by atoms with E-state index in [1.807, 2.05) is 37.2 Å². The van der Waals surface area contributed by atoms with Gasteiger partial charge in [0.05, 0.1) is 5.56 Å². The molecular weight excluding hydrogens is 226 g/mol. The molecule has 0 radical (unpaired) electrons. The number of ether oxygens (including phenoxy) is 1. The van der Waals surface area contributed by atoms with Crippen molar-refractivity contribution in [2.75, 3.05) is 27.2 Å². The van der Waals surface area contributed by atoms with Crippen LogP contribution in [0.5, 0.6) is 0 Å². The Morgan fingerprint density at radius 2 is 1.94 bits per heavy atom. The number of hydrogen-bond acceptors (Lipinski definition) is 3. The van der Waals surface area contributed by atoms with Gasteiger partial charge in [-0.05, 0) is 37.2 Å². The molecule has 0 spiro atoms. The number of benzene rings is 1. The number of carbonyl (C=O) groups is 1. The van der Waals surface area contributed by atoms with Gasteiger partial charge in [-0.15, -0.1) is 0 Å². The maximum absolute atomic E-state index is 11.9. The Bertz CT molecular complexity index is 405. The van der Waals surface area contributed by atoms with E-state index < -0.39 is 0 Å².